The van der Waals surface area contributed by atoms with Gasteiger partial charge in [0.05, 0.1) is 28.3 Å². The SMILES string of the molecule is COc1ccc(S(=O)(=O)Cl)cc1N1C2CCC1CN(C(=O)c1ccc(F)cc1Cl)C2. The van der Waals surface area contributed by atoms with Crippen LogP contribution in [0.3, 0.4) is 0 Å². The Balaban J connectivity index is 1.63. The number of halogens is 3. The van der Waals surface area contributed by atoms with Crippen molar-refractivity contribution >= 4 is 42.9 Å². The van der Waals surface area contributed by atoms with Crippen molar-refractivity contribution in [2.75, 3.05) is 25.1 Å². The smallest absolute Gasteiger partial charge is 0.261 e. The van der Waals surface area contributed by atoms with Gasteiger partial charge in [-0.15, -0.1) is 0 Å². The van der Waals surface area contributed by atoms with Gasteiger partial charge in [-0.3, -0.25) is 4.79 Å². The molecule has 2 bridgehead atoms. The fourth-order valence-corrected chi connectivity index (χ4v) is 5.34. The summed E-state index contributed by atoms with van der Waals surface area (Å²) >= 11 is 6.07. The summed E-state index contributed by atoms with van der Waals surface area (Å²) in [6.45, 7) is 0.869. The second kappa shape index (κ2) is 7.90. The first-order chi connectivity index (χ1) is 14.2. The van der Waals surface area contributed by atoms with Gasteiger partial charge in [-0.2, -0.15) is 0 Å². The minimum absolute atomic E-state index is 0.00373. The summed E-state index contributed by atoms with van der Waals surface area (Å²) in [5, 5.41) is 0.0801. The summed E-state index contributed by atoms with van der Waals surface area (Å²) in [5.74, 6) is -0.208. The standard InChI is InChI=1S/C20H19Cl2FN2O4S/c1-29-19-7-5-15(30(22,27)28)9-18(19)25-13-3-4-14(25)11-24(10-13)20(26)16-6-2-12(23)8-17(16)21/h2,5-9,13-14H,3-4,10-11H2,1H3. The summed E-state index contributed by atoms with van der Waals surface area (Å²) in [6, 6.07) is 8.20. The van der Waals surface area contributed by atoms with Crippen LogP contribution in [0.5, 0.6) is 5.75 Å². The van der Waals surface area contributed by atoms with E-state index in [0.717, 1.165) is 18.9 Å². The van der Waals surface area contributed by atoms with E-state index in [9.17, 15) is 17.6 Å². The first-order valence-corrected chi connectivity index (χ1v) is 12.0. The molecule has 2 aliphatic heterocycles. The number of ether oxygens (including phenoxy) is 1. The lowest BCUT2D eigenvalue weighted by Gasteiger charge is -2.43. The molecule has 2 aromatic carbocycles. The third-order valence-electron chi connectivity index (χ3n) is 5.64. The van der Waals surface area contributed by atoms with E-state index in [1.54, 1.807) is 11.0 Å². The van der Waals surface area contributed by atoms with Crippen LogP contribution in [0, 0.1) is 5.82 Å². The predicted octanol–water partition coefficient (Wildman–Crippen LogP) is 3.91. The number of carbonyl (C=O) groups excluding carboxylic acids is 1. The van der Waals surface area contributed by atoms with Gasteiger partial charge in [0.15, 0.2) is 0 Å². The molecule has 2 aromatic rings. The number of amides is 1. The van der Waals surface area contributed by atoms with Crippen LogP contribution in [0.25, 0.3) is 0 Å². The van der Waals surface area contributed by atoms with Crippen LogP contribution in [-0.4, -0.2) is 51.5 Å². The van der Waals surface area contributed by atoms with Gasteiger partial charge in [0.1, 0.15) is 11.6 Å². The number of piperazine rings is 1. The van der Waals surface area contributed by atoms with Gasteiger partial charge >= 0.3 is 0 Å². The number of anilines is 1. The van der Waals surface area contributed by atoms with E-state index >= 15 is 0 Å². The third-order valence-corrected chi connectivity index (χ3v) is 7.31. The highest BCUT2D eigenvalue weighted by Gasteiger charge is 2.43. The van der Waals surface area contributed by atoms with E-state index in [1.165, 1.54) is 31.4 Å². The van der Waals surface area contributed by atoms with Crippen molar-refractivity contribution in [1.29, 1.82) is 0 Å². The van der Waals surface area contributed by atoms with Crippen LogP contribution >= 0.6 is 22.3 Å². The van der Waals surface area contributed by atoms with E-state index in [0.29, 0.717) is 24.5 Å². The molecule has 2 aliphatic rings. The fraction of sp³-hybridized carbons (Fsp3) is 0.350. The molecule has 1 amide bonds. The van der Waals surface area contributed by atoms with Crippen molar-refractivity contribution in [2.24, 2.45) is 0 Å². The maximum Gasteiger partial charge on any atom is 0.261 e. The normalized spacial score (nSPS) is 21.1. The van der Waals surface area contributed by atoms with Gasteiger partial charge in [0.2, 0.25) is 0 Å². The lowest BCUT2D eigenvalue weighted by atomic mass is 10.1. The molecular formula is C20H19Cl2FN2O4S. The van der Waals surface area contributed by atoms with Gasteiger partial charge in [-0.25, -0.2) is 12.8 Å². The lowest BCUT2D eigenvalue weighted by Crippen LogP contribution is -2.55. The average Bonchev–Trinajstić information content (AvgIpc) is 2.95. The molecule has 0 N–H and O–H groups in total. The number of rotatable bonds is 4. The fourth-order valence-electron chi connectivity index (χ4n) is 4.32. The molecular weight excluding hydrogens is 454 g/mol. The molecule has 2 atom stereocenters. The molecule has 2 fully saturated rings. The molecule has 30 heavy (non-hydrogen) atoms. The summed E-state index contributed by atoms with van der Waals surface area (Å²) in [5.41, 5.74) is 0.900. The van der Waals surface area contributed by atoms with Crippen molar-refractivity contribution in [3.63, 3.8) is 0 Å². The Morgan fingerprint density at radius 3 is 2.37 bits per heavy atom. The molecule has 0 aliphatic carbocycles. The number of fused-ring (bicyclic) bond motifs is 2. The lowest BCUT2D eigenvalue weighted by molar-refractivity contribution is 0.0718. The summed E-state index contributed by atoms with van der Waals surface area (Å²) in [6.07, 6.45) is 1.68. The zero-order valence-electron chi connectivity index (χ0n) is 16.0. The van der Waals surface area contributed by atoms with E-state index in [2.05, 4.69) is 4.90 Å². The Labute approximate surface area is 183 Å². The highest BCUT2D eigenvalue weighted by Crippen LogP contribution is 2.41. The highest BCUT2D eigenvalue weighted by atomic mass is 35.7. The maximum absolute atomic E-state index is 13.3. The number of carbonyl (C=O) groups is 1. The Kier molecular flexibility index (Phi) is 5.59. The second-order valence-electron chi connectivity index (χ2n) is 7.40. The molecule has 0 saturated carbocycles. The number of hydrogen-bond donors (Lipinski definition) is 0. The first kappa shape index (κ1) is 21.2. The number of benzene rings is 2. The van der Waals surface area contributed by atoms with E-state index in [1.807, 2.05) is 0 Å². The molecule has 0 radical (unpaired) electrons. The quantitative estimate of drug-likeness (QED) is 0.631. The molecule has 4 rings (SSSR count). The van der Waals surface area contributed by atoms with Crippen molar-refractivity contribution in [3.05, 3.63) is 52.8 Å². The third kappa shape index (κ3) is 3.84. The molecule has 10 heteroatoms. The van der Waals surface area contributed by atoms with Crippen LogP contribution in [0.2, 0.25) is 5.02 Å². The Bertz CT molecular complexity index is 1100. The number of hydrogen-bond acceptors (Lipinski definition) is 5. The van der Waals surface area contributed by atoms with Crippen molar-refractivity contribution in [3.8, 4) is 5.75 Å². The van der Waals surface area contributed by atoms with Crippen LogP contribution in [0.1, 0.15) is 23.2 Å². The monoisotopic (exact) mass is 472 g/mol. The Hall–Kier alpha value is -2.03. The zero-order chi connectivity index (χ0) is 21.6. The van der Waals surface area contributed by atoms with Crippen LogP contribution in [0.15, 0.2) is 41.3 Å². The van der Waals surface area contributed by atoms with E-state index in [-0.39, 0.29) is 33.5 Å². The van der Waals surface area contributed by atoms with E-state index < -0.39 is 14.9 Å². The molecule has 6 nitrogen and oxygen atoms in total. The Morgan fingerprint density at radius 1 is 1.13 bits per heavy atom. The number of nitrogens with zero attached hydrogens (tertiary/aromatic N) is 2. The number of likely N-dealkylation sites (tertiary alicyclic amines) is 1. The van der Waals surface area contributed by atoms with Crippen LogP contribution in [0.4, 0.5) is 10.1 Å². The molecule has 0 spiro atoms. The molecule has 2 saturated heterocycles. The molecule has 2 unspecified atom stereocenters. The van der Waals surface area contributed by atoms with Gasteiger partial charge in [-0.05, 0) is 49.2 Å². The first-order valence-electron chi connectivity index (χ1n) is 9.34. The summed E-state index contributed by atoms with van der Waals surface area (Å²) in [7, 11) is 3.16. The van der Waals surface area contributed by atoms with Crippen molar-refractivity contribution in [1.82, 2.24) is 4.90 Å². The largest absolute Gasteiger partial charge is 0.495 e. The predicted molar refractivity (Wildman–Crippen MR) is 113 cm³/mol. The Morgan fingerprint density at radius 2 is 1.80 bits per heavy atom. The topological polar surface area (TPSA) is 66.9 Å². The van der Waals surface area contributed by atoms with Crippen molar-refractivity contribution < 1.29 is 22.3 Å². The maximum atomic E-state index is 13.3. The van der Waals surface area contributed by atoms with E-state index in [4.69, 9.17) is 27.0 Å². The van der Waals surface area contributed by atoms with Crippen LogP contribution in [-0.2, 0) is 9.05 Å². The summed E-state index contributed by atoms with van der Waals surface area (Å²) in [4.78, 5) is 16.8. The van der Waals surface area contributed by atoms with Gasteiger partial charge in [0.25, 0.3) is 15.0 Å². The summed E-state index contributed by atoms with van der Waals surface area (Å²) < 4.78 is 42.4. The minimum atomic E-state index is -3.89. The van der Waals surface area contributed by atoms with Gasteiger partial charge in [-0.1, -0.05) is 11.6 Å². The van der Waals surface area contributed by atoms with Gasteiger partial charge in [0, 0.05) is 35.9 Å². The average molecular weight is 473 g/mol. The van der Waals surface area contributed by atoms with Gasteiger partial charge < -0.3 is 14.5 Å². The highest BCUT2D eigenvalue weighted by molar-refractivity contribution is 8.13. The second-order valence-corrected chi connectivity index (χ2v) is 10.4. The minimum Gasteiger partial charge on any atom is -0.495 e. The number of methoxy groups -OCH3 is 1. The van der Waals surface area contributed by atoms with Crippen molar-refractivity contribution in [2.45, 2.75) is 29.8 Å². The molecule has 160 valence electrons. The van der Waals surface area contributed by atoms with Crippen LogP contribution < -0.4 is 9.64 Å². The molecule has 2 heterocycles. The molecule has 0 aromatic heterocycles. The zero-order valence-corrected chi connectivity index (χ0v) is 18.3.